The molecule has 0 radical (unpaired) electrons. The van der Waals surface area contributed by atoms with Crippen LogP contribution < -0.4 is 4.74 Å². The standard InChI is InChI=1S/C34H36N4O6/c1-21-18-27(35-44-21)34(42)36-16-15-24(19-36)43-29-13-7-10-22-14-17-37(31(39)23-8-3-2-4-9-23)28(30(22)29)20-38-32(40)25-11-5-6-12-26(25)33(38)41/h5-7,10-13,18,23-24,28H,2-4,8-9,14-17,19-20H2,1H3/t24-,28+/m0/s1. The van der Waals surface area contributed by atoms with Gasteiger partial charge in [-0.3, -0.25) is 24.1 Å². The van der Waals surface area contributed by atoms with Crippen molar-refractivity contribution >= 4 is 23.6 Å². The molecule has 1 aliphatic carbocycles. The van der Waals surface area contributed by atoms with Gasteiger partial charge >= 0.3 is 0 Å². The molecule has 1 aromatic heterocycles. The molecule has 7 rings (SSSR count). The molecule has 10 heteroatoms. The van der Waals surface area contributed by atoms with Crippen molar-refractivity contribution in [2.45, 2.75) is 64.0 Å². The van der Waals surface area contributed by atoms with Gasteiger partial charge in [0.1, 0.15) is 17.6 Å². The lowest BCUT2D eigenvalue weighted by Crippen LogP contribution is -2.48. The van der Waals surface area contributed by atoms with Crippen molar-refractivity contribution in [2.24, 2.45) is 5.92 Å². The number of ether oxygens (including phenoxy) is 1. The number of nitrogens with zero attached hydrogens (tertiary/aromatic N) is 4. The predicted molar refractivity (Wildman–Crippen MR) is 159 cm³/mol. The molecule has 2 aromatic carbocycles. The Morgan fingerprint density at radius 3 is 2.41 bits per heavy atom. The van der Waals surface area contributed by atoms with Crippen molar-refractivity contribution in [3.05, 3.63) is 82.2 Å². The highest BCUT2D eigenvalue weighted by Gasteiger charge is 2.43. The number of imide groups is 1. The van der Waals surface area contributed by atoms with E-state index >= 15 is 0 Å². The highest BCUT2D eigenvalue weighted by molar-refractivity contribution is 6.21. The van der Waals surface area contributed by atoms with Gasteiger partial charge in [-0.2, -0.15) is 0 Å². The summed E-state index contributed by atoms with van der Waals surface area (Å²) in [5.74, 6) is 0.360. The summed E-state index contributed by atoms with van der Waals surface area (Å²) in [6.45, 7) is 3.23. The molecule has 4 aliphatic rings. The maximum Gasteiger partial charge on any atom is 0.276 e. The average Bonchev–Trinajstić information content (AvgIpc) is 3.76. The second kappa shape index (κ2) is 11.6. The molecule has 3 aliphatic heterocycles. The molecule has 0 spiro atoms. The van der Waals surface area contributed by atoms with Crippen molar-refractivity contribution in [1.82, 2.24) is 19.9 Å². The topological polar surface area (TPSA) is 113 Å². The van der Waals surface area contributed by atoms with E-state index in [4.69, 9.17) is 9.26 Å². The van der Waals surface area contributed by atoms with Crippen LogP contribution in [0.2, 0.25) is 0 Å². The van der Waals surface area contributed by atoms with Gasteiger partial charge < -0.3 is 19.1 Å². The summed E-state index contributed by atoms with van der Waals surface area (Å²) >= 11 is 0. The first-order chi connectivity index (χ1) is 21.4. The number of amides is 4. The maximum atomic E-state index is 14.1. The first-order valence-corrected chi connectivity index (χ1v) is 15.7. The molecular formula is C34H36N4O6. The number of fused-ring (bicyclic) bond motifs is 2. The third-order valence-corrected chi connectivity index (χ3v) is 9.53. The third-order valence-electron chi connectivity index (χ3n) is 9.53. The molecule has 44 heavy (non-hydrogen) atoms. The minimum absolute atomic E-state index is 0.0545. The molecule has 2 atom stereocenters. The molecular weight excluding hydrogens is 560 g/mol. The minimum atomic E-state index is -0.538. The van der Waals surface area contributed by atoms with Gasteiger partial charge in [-0.1, -0.05) is 48.7 Å². The van der Waals surface area contributed by atoms with Gasteiger partial charge in [0.2, 0.25) is 5.91 Å². The lowest BCUT2D eigenvalue weighted by atomic mass is 9.85. The average molecular weight is 597 g/mol. The Morgan fingerprint density at radius 2 is 1.70 bits per heavy atom. The molecule has 0 unspecified atom stereocenters. The van der Waals surface area contributed by atoms with E-state index < -0.39 is 6.04 Å². The summed E-state index contributed by atoms with van der Waals surface area (Å²) in [6.07, 6.45) is 5.95. The van der Waals surface area contributed by atoms with Crippen molar-refractivity contribution < 1.29 is 28.4 Å². The number of likely N-dealkylation sites (tertiary alicyclic amines) is 1. The summed E-state index contributed by atoms with van der Waals surface area (Å²) < 4.78 is 11.7. The monoisotopic (exact) mass is 596 g/mol. The van der Waals surface area contributed by atoms with Gasteiger partial charge in [0.05, 0.1) is 30.3 Å². The highest BCUT2D eigenvalue weighted by Crippen LogP contribution is 2.41. The number of benzene rings is 2. The van der Waals surface area contributed by atoms with Crippen molar-refractivity contribution in [2.75, 3.05) is 26.2 Å². The molecule has 1 saturated carbocycles. The summed E-state index contributed by atoms with van der Waals surface area (Å²) in [5, 5.41) is 3.87. The summed E-state index contributed by atoms with van der Waals surface area (Å²) in [7, 11) is 0. The van der Waals surface area contributed by atoms with E-state index in [1.807, 2.05) is 23.1 Å². The number of aromatic nitrogens is 1. The fourth-order valence-corrected chi connectivity index (χ4v) is 7.27. The first-order valence-electron chi connectivity index (χ1n) is 15.7. The lowest BCUT2D eigenvalue weighted by Gasteiger charge is -2.41. The Morgan fingerprint density at radius 1 is 0.955 bits per heavy atom. The number of aryl methyl sites for hydroxylation is 1. The Balaban J connectivity index is 1.19. The Kier molecular flexibility index (Phi) is 7.43. The molecule has 2 fully saturated rings. The fourth-order valence-electron chi connectivity index (χ4n) is 7.27. The van der Waals surface area contributed by atoms with Gasteiger partial charge in [-0.15, -0.1) is 0 Å². The number of hydrogen-bond donors (Lipinski definition) is 0. The van der Waals surface area contributed by atoms with Gasteiger partial charge in [0, 0.05) is 37.1 Å². The Bertz CT molecular complexity index is 1590. The molecule has 0 N–H and O–H groups in total. The van der Waals surface area contributed by atoms with Gasteiger partial charge in [0.25, 0.3) is 17.7 Å². The van der Waals surface area contributed by atoms with Crippen LogP contribution in [0.4, 0.5) is 0 Å². The molecule has 10 nitrogen and oxygen atoms in total. The van der Waals surface area contributed by atoms with E-state index in [1.165, 1.54) is 4.90 Å². The van der Waals surface area contributed by atoms with E-state index in [2.05, 4.69) is 5.16 Å². The van der Waals surface area contributed by atoms with E-state index in [9.17, 15) is 19.2 Å². The van der Waals surface area contributed by atoms with Crippen LogP contribution in [0.25, 0.3) is 0 Å². The van der Waals surface area contributed by atoms with Crippen LogP contribution in [-0.2, 0) is 11.2 Å². The van der Waals surface area contributed by atoms with E-state index in [-0.39, 0.29) is 47.9 Å². The summed E-state index contributed by atoms with van der Waals surface area (Å²) in [5.41, 5.74) is 2.94. The van der Waals surface area contributed by atoms with Crippen molar-refractivity contribution in [3.8, 4) is 5.75 Å². The van der Waals surface area contributed by atoms with E-state index in [0.717, 1.165) is 43.2 Å². The molecule has 4 amide bonds. The number of carbonyl (C=O) groups is 4. The smallest absolute Gasteiger partial charge is 0.276 e. The quantitative estimate of drug-likeness (QED) is 0.383. The lowest BCUT2D eigenvalue weighted by molar-refractivity contribution is -0.140. The molecule has 228 valence electrons. The summed E-state index contributed by atoms with van der Waals surface area (Å²) in [4.78, 5) is 58.9. The second-order valence-electron chi connectivity index (χ2n) is 12.3. The van der Waals surface area contributed by atoms with Crippen LogP contribution in [-0.4, -0.2) is 75.8 Å². The van der Waals surface area contributed by atoms with Gasteiger partial charge in [-0.05, 0) is 49.9 Å². The van der Waals surface area contributed by atoms with Crippen LogP contribution in [0, 0.1) is 12.8 Å². The maximum absolute atomic E-state index is 14.1. The van der Waals surface area contributed by atoms with Crippen LogP contribution in [0.15, 0.2) is 53.1 Å². The first kappa shape index (κ1) is 28.3. The van der Waals surface area contributed by atoms with Crippen molar-refractivity contribution in [1.29, 1.82) is 0 Å². The number of rotatable bonds is 6. The molecule has 0 bridgehead atoms. The van der Waals surface area contributed by atoms with Crippen LogP contribution in [0.3, 0.4) is 0 Å². The van der Waals surface area contributed by atoms with Gasteiger partial charge in [-0.25, -0.2) is 0 Å². The van der Waals surface area contributed by atoms with Crippen LogP contribution in [0.1, 0.15) is 92.7 Å². The van der Waals surface area contributed by atoms with Crippen molar-refractivity contribution in [3.63, 3.8) is 0 Å². The number of carbonyl (C=O) groups excluding carboxylic acids is 4. The largest absolute Gasteiger partial charge is 0.488 e. The second-order valence-corrected chi connectivity index (χ2v) is 12.3. The van der Waals surface area contributed by atoms with Crippen LogP contribution in [0.5, 0.6) is 5.75 Å². The predicted octanol–water partition coefficient (Wildman–Crippen LogP) is 4.58. The Labute approximate surface area is 255 Å². The fraction of sp³-hybridized carbons (Fsp3) is 0.441. The minimum Gasteiger partial charge on any atom is -0.488 e. The molecule has 3 aromatic rings. The Hall–Kier alpha value is -4.47. The highest BCUT2D eigenvalue weighted by atomic mass is 16.5. The van der Waals surface area contributed by atoms with E-state index in [1.54, 1.807) is 42.2 Å². The van der Waals surface area contributed by atoms with E-state index in [0.29, 0.717) is 55.1 Å². The number of hydrogen-bond acceptors (Lipinski definition) is 7. The summed E-state index contributed by atoms with van der Waals surface area (Å²) in [6, 6.07) is 13.8. The molecule has 1 saturated heterocycles. The van der Waals surface area contributed by atoms with Gasteiger partial charge in [0.15, 0.2) is 5.69 Å². The molecule has 4 heterocycles. The third kappa shape index (κ3) is 5.06. The normalized spacial score (nSPS) is 21.9. The SMILES string of the molecule is Cc1cc(C(=O)N2CC[C@H](Oc3cccc4c3[C@@H](CN3C(=O)c5ccccc5C3=O)N(C(=O)C3CCCCC3)CC4)C2)no1. The zero-order valence-corrected chi connectivity index (χ0v) is 24.9. The zero-order valence-electron chi connectivity index (χ0n) is 24.9. The van der Waals surface area contributed by atoms with Crippen LogP contribution >= 0.6 is 0 Å². The zero-order chi connectivity index (χ0) is 30.4.